The quantitative estimate of drug-likeness (QED) is 0.425. The molecular weight excluding hydrogens is 136 g/mol. The van der Waals surface area contributed by atoms with Gasteiger partial charge >= 0.3 is 0 Å². The Hall–Kier alpha value is -0.300. The van der Waals surface area contributed by atoms with Crippen LogP contribution in [0, 0.1) is 0 Å². The van der Waals surface area contributed by atoms with Crippen molar-refractivity contribution in [3.63, 3.8) is 0 Å². The lowest BCUT2D eigenvalue weighted by Gasteiger charge is -1.97. The molecule has 0 radical (unpaired) electrons. The molecule has 0 amide bonds. The monoisotopic (exact) mass is 158 g/mol. The zero-order chi connectivity index (χ0) is 8.95. The number of unbranched alkanes of at least 4 members (excludes halogenated alkanes) is 2. The molecule has 0 N–H and O–H groups in total. The Bertz CT molecular complexity index is 59.9. The standard InChI is InChI=1S/C8H16O.C2H6/c1-3-5-6-8-9-7-4-2;1-2/h4H,2-3,5-8H2,1H3;1-2H3. The van der Waals surface area contributed by atoms with E-state index in [9.17, 15) is 0 Å². The SMILES string of the molecule is C=CCOCCCCC.CC. The van der Waals surface area contributed by atoms with E-state index in [1.54, 1.807) is 6.08 Å². The topological polar surface area (TPSA) is 9.23 Å². The Labute approximate surface area is 71.5 Å². The molecule has 0 rings (SSSR count). The summed E-state index contributed by atoms with van der Waals surface area (Å²) in [7, 11) is 0. The summed E-state index contributed by atoms with van der Waals surface area (Å²) in [6.07, 6.45) is 5.50. The molecule has 0 aromatic heterocycles. The molecule has 0 aromatic rings. The van der Waals surface area contributed by atoms with Crippen molar-refractivity contribution in [3.8, 4) is 0 Å². The van der Waals surface area contributed by atoms with Crippen LogP contribution in [0.3, 0.4) is 0 Å². The summed E-state index contributed by atoms with van der Waals surface area (Å²) in [6.45, 7) is 11.3. The van der Waals surface area contributed by atoms with E-state index in [-0.39, 0.29) is 0 Å². The Morgan fingerprint density at radius 1 is 1.27 bits per heavy atom. The second-order valence-corrected chi connectivity index (χ2v) is 2.07. The van der Waals surface area contributed by atoms with Crippen molar-refractivity contribution in [1.82, 2.24) is 0 Å². The summed E-state index contributed by atoms with van der Waals surface area (Å²) in [6, 6.07) is 0. The van der Waals surface area contributed by atoms with Crippen LogP contribution < -0.4 is 0 Å². The Morgan fingerprint density at radius 3 is 2.36 bits per heavy atom. The van der Waals surface area contributed by atoms with Gasteiger partial charge in [-0.2, -0.15) is 0 Å². The van der Waals surface area contributed by atoms with Crippen LogP contribution in [0.5, 0.6) is 0 Å². The molecule has 0 aromatic carbocycles. The van der Waals surface area contributed by atoms with E-state index < -0.39 is 0 Å². The van der Waals surface area contributed by atoms with Crippen molar-refractivity contribution in [2.75, 3.05) is 13.2 Å². The highest BCUT2D eigenvalue weighted by atomic mass is 16.5. The molecule has 68 valence electrons. The summed E-state index contributed by atoms with van der Waals surface area (Å²) < 4.78 is 5.17. The zero-order valence-corrected chi connectivity index (χ0v) is 8.23. The average molecular weight is 158 g/mol. The van der Waals surface area contributed by atoms with Gasteiger partial charge in [0.1, 0.15) is 0 Å². The maximum absolute atomic E-state index is 5.17. The molecule has 0 aliphatic rings. The molecule has 0 aliphatic heterocycles. The van der Waals surface area contributed by atoms with Crippen LogP contribution in [0.1, 0.15) is 40.0 Å². The first-order chi connectivity index (χ1) is 5.41. The largest absolute Gasteiger partial charge is 0.377 e. The zero-order valence-electron chi connectivity index (χ0n) is 8.23. The Morgan fingerprint density at radius 2 is 1.91 bits per heavy atom. The number of ether oxygens (including phenoxy) is 1. The molecule has 0 heterocycles. The summed E-state index contributed by atoms with van der Waals surface area (Å²) in [5.74, 6) is 0. The molecule has 1 nitrogen and oxygen atoms in total. The van der Waals surface area contributed by atoms with E-state index in [1.807, 2.05) is 13.8 Å². The van der Waals surface area contributed by atoms with Crippen molar-refractivity contribution in [2.45, 2.75) is 40.0 Å². The minimum absolute atomic E-state index is 0.698. The van der Waals surface area contributed by atoms with E-state index >= 15 is 0 Å². The van der Waals surface area contributed by atoms with Crippen molar-refractivity contribution < 1.29 is 4.74 Å². The highest BCUT2D eigenvalue weighted by Gasteiger charge is 1.83. The molecule has 0 spiro atoms. The van der Waals surface area contributed by atoms with Crippen LogP contribution in [0.15, 0.2) is 12.7 Å². The smallest absolute Gasteiger partial charge is 0.0644 e. The molecular formula is C10H22O. The predicted octanol–water partition coefficient (Wildman–Crippen LogP) is 3.41. The van der Waals surface area contributed by atoms with Crippen LogP contribution in [0.4, 0.5) is 0 Å². The van der Waals surface area contributed by atoms with Crippen LogP contribution in [0.25, 0.3) is 0 Å². The number of hydrogen-bond donors (Lipinski definition) is 0. The van der Waals surface area contributed by atoms with Gasteiger partial charge in [-0.05, 0) is 6.42 Å². The van der Waals surface area contributed by atoms with E-state index in [4.69, 9.17) is 4.74 Å². The lowest BCUT2D eigenvalue weighted by molar-refractivity contribution is 0.158. The summed E-state index contributed by atoms with van der Waals surface area (Å²) in [5, 5.41) is 0. The normalized spacial score (nSPS) is 8.27. The van der Waals surface area contributed by atoms with Crippen molar-refractivity contribution >= 4 is 0 Å². The third kappa shape index (κ3) is 17.7. The molecule has 0 fully saturated rings. The Kier molecular flexibility index (Phi) is 19.8. The van der Waals surface area contributed by atoms with Gasteiger partial charge in [-0.1, -0.05) is 39.7 Å². The van der Waals surface area contributed by atoms with Crippen LogP contribution >= 0.6 is 0 Å². The van der Waals surface area contributed by atoms with E-state index in [1.165, 1.54) is 19.3 Å². The third-order valence-corrected chi connectivity index (χ3v) is 1.13. The highest BCUT2D eigenvalue weighted by Crippen LogP contribution is 1.93. The molecule has 0 unspecified atom stereocenters. The molecule has 11 heavy (non-hydrogen) atoms. The molecule has 0 bridgehead atoms. The lowest BCUT2D eigenvalue weighted by Crippen LogP contribution is -1.92. The molecule has 0 saturated heterocycles. The van der Waals surface area contributed by atoms with Gasteiger partial charge in [0.15, 0.2) is 0 Å². The van der Waals surface area contributed by atoms with Crippen LogP contribution in [-0.4, -0.2) is 13.2 Å². The second-order valence-electron chi connectivity index (χ2n) is 2.07. The van der Waals surface area contributed by atoms with Gasteiger partial charge in [-0.15, -0.1) is 6.58 Å². The van der Waals surface area contributed by atoms with E-state index in [2.05, 4.69) is 13.5 Å². The van der Waals surface area contributed by atoms with Gasteiger partial charge in [0.25, 0.3) is 0 Å². The highest BCUT2D eigenvalue weighted by molar-refractivity contribution is 4.63. The molecule has 0 aliphatic carbocycles. The lowest BCUT2D eigenvalue weighted by atomic mass is 10.3. The second kappa shape index (κ2) is 16.4. The van der Waals surface area contributed by atoms with Gasteiger partial charge in [-0.25, -0.2) is 0 Å². The van der Waals surface area contributed by atoms with Crippen LogP contribution in [-0.2, 0) is 4.74 Å². The molecule has 0 atom stereocenters. The summed E-state index contributed by atoms with van der Waals surface area (Å²) in [5.41, 5.74) is 0. The van der Waals surface area contributed by atoms with Gasteiger partial charge < -0.3 is 4.74 Å². The summed E-state index contributed by atoms with van der Waals surface area (Å²) in [4.78, 5) is 0. The number of hydrogen-bond acceptors (Lipinski definition) is 1. The fourth-order valence-corrected chi connectivity index (χ4v) is 0.621. The van der Waals surface area contributed by atoms with Gasteiger partial charge in [0, 0.05) is 6.61 Å². The van der Waals surface area contributed by atoms with Gasteiger partial charge in [0.05, 0.1) is 6.61 Å². The van der Waals surface area contributed by atoms with E-state index in [0.717, 1.165) is 6.61 Å². The average Bonchev–Trinajstić information content (AvgIpc) is 2.08. The minimum Gasteiger partial charge on any atom is -0.377 e. The van der Waals surface area contributed by atoms with Crippen molar-refractivity contribution in [1.29, 1.82) is 0 Å². The molecule has 0 saturated carbocycles. The van der Waals surface area contributed by atoms with Gasteiger partial charge in [0.2, 0.25) is 0 Å². The number of rotatable bonds is 6. The first-order valence-electron chi connectivity index (χ1n) is 4.60. The maximum atomic E-state index is 5.17. The third-order valence-electron chi connectivity index (χ3n) is 1.13. The van der Waals surface area contributed by atoms with Crippen molar-refractivity contribution in [3.05, 3.63) is 12.7 Å². The van der Waals surface area contributed by atoms with E-state index in [0.29, 0.717) is 6.61 Å². The minimum atomic E-state index is 0.698. The summed E-state index contributed by atoms with van der Waals surface area (Å²) >= 11 is 0. The fourth-order valence-electron chi connectivity index (χ4n) is 0.621. The maximum Gasteiger partial charge on any atom is 0.0644 e. The fraction of sp³-hybridized carbons (Fsp3) is 0.800. The predicted molar refractivity (Wildman–Crippen MR) is 51.9 cm³/mol. The first kappa shape index (κ1) is 13.3. The Balaban J connectivity index is 0. The van der Waals surface area contributed by atoms with Crippen molar-refractivity contribution in [2.24, 2.45) is 0 Å². The first-order valence-corrected chi connectivity index (χ1v) is 4.60. The van der Waals surface area contributed by atoms with Crippen LogP contribution in [0.2, 0.25) is 0 Å². The molecule has 1 heteroatoms. The van der Waals surface area contributed by atoms with Gasteiger partial charge in [-0.3, -0.25) is 0 Å².